The summed E-state index contributed by atoms with van der Waals surface area (Å²) in [5.41, 5.74) is 0. The lowest BCUT2D eigenvalue weighted by Gasteiger charge is -2.22. The summed E-state index contributed by atoms with van der Waals surface area (Å²) in [6, 6.07) is 1.84. The molecule has 0 spiro atoms. The lowest BCUT2D eigenvalue weighted by molar-refractivity contribution is -0.144. The highest BCUT2D eigenvalue weighted by atomic mass is 35.5. The van der Waals surface area contributed by atoms with Gasteiger partial charge in [0.2, 0.25) is 5.91 Å². The van der Waals surface area contributed by atoms with E-state index < -0.39 is 5.97 Å². The molecule has 1 amide bonds. The molecule has 1 aromatic rings. The maximum Gasteiger partial charge on any atom is 0.323 e. The van der Waals surface area contributed by atoms with Crippen molar-refractivity contribution in [1.29, 1.82) is 0 Å². The zero-order valence-corrected chi connectivity index (χ0v) is 12.6. The van der Waals surface area contributed by atoms with Gasteiger partial charge < -0.3 is 10.0 Å². The molecule has 0 aliphatic heterocycles. The zero-order valence-electron chi connectivity index (χ0n) is 11.1. The molecule has 0 fully saturated rings. The van der Waals surface area contributed by atoms with Crippen LogP contribution in [0.2, 0.25) is 5.02 Å². The first kappa shape index (κ1) is 16.0. The maximum atomic E-state index is 12.0. The van der Waals surface area contributed by atoms with Gasteiger partial charge in [0.25, 0.3) is 0 Å². The van der Waals surface area contributed by atoms with Crippen LogP contribution in [0.4, 0.5) is 0 Å². The summed E-state index contributed by atoms with van der Waals surface area (Å²) in [7, 11) is 0. The van der Waals surface area contributed by atoms with Crippen molar-refractivity contribution in [2.75, 3.05) is 13.1 Å². The van der Waals surface area contributed by atoms with E-state index in [-0.39, 0.29) is 18.4 Å². The molecule has 1 heterocycles. The molecule has 1 aromatic heterocycles. The second kappa shape index (κ2) is 7.50. The third-order valence-electron chi connectivity index (χ3n) is 2.47. The average molecular weight is 304 g/mol. The number of carbonyl (C=O) groups excluding carboxylic acids is 1. The Labute approximate surface area is 122 Å². The molecule has 4 nitrogen and oxygen atoms in total. The van der Waals surface area contributed by atoms with Crippen LogP contribution in [0, 0.1) is 5.92 Å². The van der Waals surface area contributed by atoms with E-state index >= 15 is 0 Å². The molecule has 0 aliphatic rings. The number of hydrogen-bond donors (Lipinski definition) is 1. The lowest BCUT2D eigenvalue weighted by atomic mass is 10.2. The van der Waals surface area contributed by atoms with E-state index in [1.54, 1.807) is 0 Å². The van der Waals surface area contributed by atoms with Gasteiger partial charge in [0.1, 0.15) is 6.54 Å². The van der Waals surface area contributed by atoms with Crippen LogP contribution < -0.4 is 0 Å². The topological polar surface area (TPSA) is 57.6 Å². The number of halogens is 1. The highest BCUT2D eigenvalue weighted by Gasteiger charge is 2.17. The molecule has 1 rings (SSSR count). The number of amides is 1. The normalized spacial score (nSPS) is 10.7. The summed E-state index contributed by atoms with van der Waals surface area (Å²) in [4.78, 5) is 25.2. The molecule has 0 atom stereocenters. The standard InChI is InChI=1S/C13H18ClNO3S/c1-9(2)6-15(7-13(17)18)12(16)4-3-11-5-10(14)8-19-11/h5,8-9H,3-4,6-7H2,1-2H3,(H,17,18). The summed E-state index contributed by atoms with van der Waals surface area (Å²) >= 11 is 7.33. The van der Waals surface area contributed by atoms with Crippen LogP contribution in [-0.2, 0) is 16.0 Å². The van der Waals surface area contributed by atoms with Crippen LogP contribution in [0.5, 0.6) is 0 Å². The van der Waals surface area contributed by atoms with Crippen molar-refractivity contribution >= 4 is 34.8 Å². The van der Waals surface area contributed by atoms with E-state index in [2.05, 4.69) is 0 Å². The first-order valence-electron chi connectivity index (χ1n) is 6.11. The number of carboxylic acid groups (broad SMARTS) is 1. The fourth-order valence-electron chi connectivity index (χ4n) is 1.73. The minimum Gasteiger partial charge on any atom is -0.480 e. The molecule has 0 aromatic carbocycles. The second-order valence-corrected chi connectivity index (χ2v) is 6.23. The molecule has 0 bridgehead atoms. The number of aliphatic carboxylic acids is 1. The van der Waals surface area contributed by atoms with E-state index in [1.807, 2.05) is 25.3 Å². The Morgan fingerprint density at radius 3 is 2.63 bits per heavy atom. The molecule has 19 heavy (non-hydrogen) atoms. The van der Waals surface area contributed by atoms with E-state index in [0.29, 0.717) is 24.4 Å². The third kappa shape index (κ3) is 6.07. The summed E-state index contributed by atoms with van der Waals surface area (Å²) in [5, 5.41) is 11.3. The van der Waals surface area contributed by atoms with Crippen molar-refractivity contribution in [1.82, 2.24) is 4.90 Å². The van der Waals surface area contributed by atoms with Gasteiger partial charge in [-0.1, -0.05) is 25.4 Å². The van der Waals surface area contributed by atoms with Gasteiger partial charge in [0.15, 0.2) is 0 Å². The predicted octanol–water partition coefficient (Wildman–Crippen LogP) is 2.90. The monoisotopic (exact) mass is 303 g/mol. The fraction of sp³-hybridized carbons (Fsp3) is 0.538. The number of hydrogen-bond acceptors (Lipinski definition) is 3. The summed E-state index contributed by atoms with van der Waals surface area (Å²) in [5.74, 6) is -0.853. The minimum absolute atomic E-state index is 0.124. The van der Waals surface area contributed by atoms with E-state index in [9.17, 15) is 9.59 Å². The minimum atomic E-state index is -0.979. The van der Waals surface area contributed by atoms with Gasteiger partial charge in [-0.15, -0.1) is 11.3 Å². The van der Waals surface area contributed by atoms with Gasteiger partial charge in [0.05, 0.1) is 5.02 Å². The Bertz CT molecular complexity index is 445. The maximum absolute atomic E-state index is 12.0. The van der Waals surface area contributed by atoms with E-state index in [1.165, 1.54) is 16.2 Å². The highest BCUT2D eigenvalue weighted by Crippen LogP contribution is 2.20. The second-order valence-electron chi connectivity index (χ2n) is 4.79. The zero-order chi connectivity index (χ0) is 14.4. The Kier molecular flexibility index (Phi) is 6.31. The third-order valence-corrected chi connectivity index (χ3v) is 3.82. The van der Waals surface area contributed by atoms with Crippen LogP contribution in [0.3, 0.4) is 0 Å². The number of carboxylic acids is 1. The molecular weight excluding hydrogens is 286 g/mol. The first-order valence-corrected chi connectivity index (χ1v) is 7.36. The van der Waals surface area contributed by atoms with Gasteiger partial charge >= 0.3 is 5.97 Å². The van der Waals surface area contributed by atoms with Crippen molar-refractivity contribution < 1.29 is 14.7 Å². The van der Waals surface area contributed by atoms with Crippen LogP contribution in [0.1, 0.15) is 25.1 Å². The van der Waals surface area contributed by atoms with Crippen LogP contribution in [0.25, 0.3) is 0 Å². The number of aryl methyl sites for hydroxylation is 1. The predicted molar refractivity (Wildman–Crippen MR) is 76.7 cm³/mol. The molecule has 0 aliphatic carbocycles. The van der Waals surface area contributed by atoms with Crippen molar-refractivity contribution in [2.24, 2.45) is 5.92 Å². The number of rotatable bonds is 7. The summed E-state index contributed by atoms with van der Waals surface area (Å²) in [6.07, 6.45) is 0.918. The van der Waals surface area contributed by atoms with Crippen molar-refractivity contribution in [3.63, 3.8) is 0 Å². The Morgan fingerprint density at radius 1 is 1.47 bits per heavy atom. The first-order chi connectivity index (χ1) is 8.88. The highest BCUT2D eigenvalue weighted by molar-refractivity contribution is 7.10. The SMILES string of the molecule is CC(C)CN(CC(=O)O)C(=O)CCc1cc(Cl)cs1. The average Bonchev–Trinajstić information content (AvgIpc) is 2.70. The largest absolute Gasteiger partial charge is 0.480 e. The van der Waals surface area contributed by atoms with Gasteiger partial charge in [0, 0.05) is 23.2 Å². The Balaban J connectivity index is 2.53. The van der Waals surface area contributed by atoms with Crippen molar-refractivity contribution in [3.8, 4) is 0 Å². The van der Waals surface area contributed by atoms with E-state index in [0.717, 1.165) is 4.88 Å². The summed E-state index contributed by atoms with van der Waals surface area (Å²) < 4.78 is 0. The smallest absolute Gasteiger partial charge is 0.323 e. The molecule has 6 heteroatoms. The number of nitrogens with zero attached hydrogens (tertiary/aromatic N) is 1. The van der Waals surface area contributed by atoms with Crippen LogP contribution in [-0.4, -0.2) is 35.0 Å². The van der Waals surface area contributed by atoms with Crippen molar-refractivity contribution in [3.05, 3.63) is 21.3 Å². The van der Waals surface area contributed by atoms with Crippen molar-refractivity contribution in [2.45, 2.75) is 26.7 Å². The molecule has 1 N–H and O–H groups in total. The number of thiophene rings is 1. The van der Waals surface area contributed by atoms with Crippen LogP contribution in [0.15, 0.2) is 11.4 Å². The quantitative estimate of drug-likeness (QED) is 0.842. The molecule has 0 saturated carbocycles. The Hall–Kier alpha value is -1.07. The molecule has 106 valence electrons. The van der Waals surface area contributed by atoms with Gasteiger partial charge in [-0.3, -0.25) is 9.59 Å². The van der Waals surface area contributed by atoms with Crippen LogP contribution >= 0.6 is 22.9 Å². The molecule has 0 saturated heterocycles. The number of carbonyl (C=O) groups is 2. The molecular formula is C13H18ClNO3S. The summed E-state index contributed by atoms with van der Waals surface area (Å²) in [6.45, 7) is 4.15. The molecule has 0 radical (unpaired) electrons. The fourth-order valence-corrected chi connectivity index (χ4v) is 2.81. The van der Waals surface area contributed by atoms with Gasteiger partial charge in [-0.25, -0.2) is 0 Å². The lowest BCUT2D eigenvalue weighted by Crippen LogP contribution is -2.38. The van der Waals surface area contributed by atoms with E-state index in [4.69, 9.17) is 16.7 Å². The molecule has 0 unspecified atom stereocenters. The Morgan fingerprint density at radius 2 is 2.16 bits per heavy atom. The van der Waals surface area contributed by atoms with Gasteiger partial charge in [-0.05, 0) is 18.4 Å². The van der Waals surface area contributed by atoms with Gasteiger partial charge in [-0.2, -0.15) is 0 Å².